The van der Waals surface area contributed by atoms with Crippen LogP contribution in [-0.2, 0) is 0 Å². The quantitative estimate of drug-likeness (QED) is 0.829. The van der Waals surface area contributed by atoms with Gasteiger partial charge in [-0.2, -0.15) is 0 Å². The standard InChI is InChI=1S/C13H20BrNO2/c1-9(2)7-15(8-10(3)4)13(16)11-5-6-17-12(11)14/h5-6,9-10H,7-8H2,1-4H3. The largest absolute Gasteiger partial charge is 0.457 e. The third-order valence-electron chi connectivity index (χ3n) is 2.31. The van der Waals surface area contributed by atoms with E-state index < -0.39 is 0 Å². The molecular weight excluding hydrogens is 282 g/mol. The summed E-state index contributed by atoms with van der Waals surface area (Å²) in [7, 11) is 0. The molecule has 1 aromatic rings. The molecule has 1 rings (SSSR count). The molecule has 96 valence electrons. The lowest BCUT2D eigenvalue weighted by Crippen LogP contribution is -2.37. The smallest absolute Gasteiger partial charge is 0.258 e. The zero-order valence-electron chi connectivity index (χ0n) is 10.9. The van der Waals surface area contributed by atoms with Crippen molar-refractivity contribution in [3.8, 4) is 0 Å². The molecular formula is C13H20BrNO2. The number of nitrogens with zero attached hydrogens (tertiary/aromatic N) is 1. The second-order valence-electron chi connectivity index (χ2n) is 5.11. The molecule has 1 heterocycles. The van der Waals surface area contributed by atoms with Crippen molar-refractivity contribution in [3.63, 3.8) is 0 Å². The van der Waals surface area contributed by atoms with Crippen molar-refractivity contribution in [2.24, 2.45) is 11.8 Å². The van der Waals surface area contributed by atoms with Crippen LogP contribution in [0.3, 0.4) is 0 Å². The van der Waals surface area contributed by atoms with Crippen molar-refractivity contribution >= 4 is 21.8 Å². The van der Waals surface area contributed by atoms with Gasteiger partial charge in [-0.25, -0.2) is 0 Å². The average molecular weight is 302 g/mol. The highest BCUT2D eigenvalue weighted by Crippen LogP contribution is 2.20. The molecule has 0 aliphatic rings. The molecule has 1 aromatic heterocycles. The van der Waals surface area contributed by atoms with Gasteiger partial charge in [0.1, 0.15) is 0 Å². The van der Waals surface area contributed by atoms with Crippen LogP contribution >= 0.6 is 15.9 Å². The van der Waals surface area contributed by atoms with Gasteiger partial charge in [0.2, 0.25) is 0 Å². The highest BCUT2D eigenvalue weighted by molar-refractivity contribution is 9.10. The Kier molecular flexibility index (Phi) is 5.25. The molecule has 0 fully saturated rings. The second-order valence-corrected chi connectivity index (χ2v) is 5.83. The number of halogens is 1. The number of furan rings is 1. The Morgan fingerprint density at radius 1 is 1.29 bits per heavy atom. The van der Waals surface area contributed by atoms with Gasteiger partial charge in [0.05, 0.1) is 11.8 Å². The lowest BCUT2D eigenvalue weighted by molar-refractivity contribution is 0.0713. The van der Waals surface area contributed by atoms with E-state index in [1.807, 2.05) is 4.90 Å². The Morgan fingerprint density at radius 3 is 2.18 bits per heavy atom. The van der Waals surface area contributed by atoms with Crippen LogP contribution < -0.4 is 0 Å². The van der Waals surface area contributed by atoms with E-state index in [4.69, 9.17) is 4.42 Å². The predicted octanol–water partition coefficient (Wildman–Crippen LogP) is 3.80. The molecule has 1 amide bonds. The number of hydrogen-bond donors (Lipinski definition) is 0. The molecule has 0 bridgehead atoms. The summed E-state index contributed by atoms with van der Waals surface area (Å²) in [6.07, 6.45) is 1.53. The number of carbonyl (C=O) groups excluding carboxylic acids is 1. The average Bonchev–Trinajstić information content (AvgIpc) is 2.61. The van der Waals surface area contributed by atoms with E-state index in [0.717, 1.165) is 13.1 Å². The van der Waals surface area contributed by atoms with Crippen LogP contribution in [0.5, 0.6) is 0 Å². The van der Waals surface area contributed by atoms with E-state index in [2.05, 4.69) is 43.6 Å². The summed E-state index contributed by atoms with van der Waals surface area (Å²) in [5.74, 6) is 0.958. The van der Waals surface area contributed by atoms with Crippen LogP contribution in [0.25, 0.3) is 0 Å². The van der Waals surface area contributed by atoms with Gasteiger partial charge in [0.15, 0.2) is 4.67 Å². The Morgan fingerprint density at radius 2 is 1.82 bits per heavy atom. The molecule has 0 aromatic carbocycles. The summed E-state index contributed by atoms with van der Waals surface area (Å²) in [5, 5.41) is 0. The SMILES string of the molecule is CC(C)CN(CC(C)C)C(=O)c1ccoc1Br. The molecule has 0 saturated heterocycles. The van der Waals surface area contributed by atoms with Gasteiger partial charge in [0, 0.05) is 13.1 Å². The molecule has 0 N–H and O–H groups in total. The van der Waals surface area contributed by atoms with Gasteiger partial charge < -0.3 is 9.32 Å². The summed E-state index contributed by atoms with van der Waals surface area (Å²) in [6.45, 7) is 10.0. The van der Waals surface area contributed by atoms with Gasteiger partial charge in [-0.1, -0.05) is 27.7 Å². The van der Waals surface area contributed by atoms with Crippen LogP contribution in [0.4, 0.5) is 0 Å². The first-order valence-electron chi connectivity index (χ1n) is 5.94. The first-order valence-corrected chi connectivity index (χ1v) is 6.73. The number of carbonyl (C=O) groups is 1. The Labute approximate surface area is 111 Å². The van der Waals surface area contributed by atoms with Crippen LogP contribution in [0.2, 0.25) is 0 Å². The molecule has 0 unspecified atom stereocenters. The van der Waals surface area contributed by atoms with E-state index in [1.165, 1.54) is 6.26 Å². The lowest BCUT2D eigenvalue weighted by Gasteiger charge is -2.26. The fraction of sp³-hybridized carbons (Fsp3) is 0.615. The number of amides is 1. The van der Waals surface area contributed by atoms with Crippen LogP contribution in [0.1, 0.15) is 38.1 Å². The van der Waals surface area contributed by atoms with E-state index >= 15 is 0 Å². The highest BCUT2D eigenvalue weighted by atomic mass is 79.9. The summed E-state index contributed by atoms with van der Waals surface area (Å²) in [5.41, 5.74) is 0.603. The third-order valence-corrected chi connectivity index (χ3v) is 2.92. The molecule has 0 radical (unpaired) electrons. The molecule has 17 heavy (non-hydrogen) atoms. The Balaban J connectivity index is 2.82. The number of hydrogen-bond acceptors (Lipinski definition) is 2. The van der Waals surface area contributed by atoms with Gasteiger partial charge in [-0.15, -0.1) is 0 Å². The molecule has 4 heteroatoms. The van der Waals surface area contributed by atoms with E-state index in [9.17, 15) is 4.79 Å². The predicted molar refractivity (Wildman–Crippen MR) is 72.0 cm³/mol. The maximum Gasteiger partial charge on any atom is 0.258 e. The van der Waals surface area contributed by atoms with Gasteiger partial charge in [0.25, 0.3) is 5.91 Å². The molecule has 3 nitrogen and oxygen atoms in total. The normalized spacial score (nSPS) is 11.2. The summed E-state index contributed by atoms with van der Waals surface area (Å²) < 4.78 is 5.63. The Hall–Kier alpha value is -0.770. The minimum atomic E-state index is 0.0352. The fourth-order valence-electron chi connectivity index (χ4n) is 1.74. The van der Waals surface area contributed by atoms with E-state index in [0.29, 0.717) is 22.1 Å². The third kappa shape index (κ3) is 4.19. The van der Waals surface area contributed by atoms with Gasteiger partial charge in [-0.3, -0.25) is 4.79 Å². The van der Waals surface area contributed by atoms with Crippen molar-refractivity contribution in [1.82, 2.24) is 4.90 Å². The van der Waals surface area contributed by atoms with E-state index in [1.54, 1.807) is 6.07 Å². The monoisotopic (exact) mass is 301 g/mol. The minimum Gasteiger partial charge on any atom is -0.457 e. The lowest BCUT2D eigenvalue weighted by atomic mass is 10.1. The van der Waals surface area contributed by atoms with Crippen LogP contribution in [0.15, 0.2) is 21.4 Å². The van der Waals surface area contributed by atoms with Crippen molar-refractivity contribution in [3.05, 3.63) is 22.6 Å². The topological polar surface area (TPSA) is 33.5 Å². The van der Waals surface area contributed by atoms with E-state index in [-0.39, 0.29) is 5.91 Å². The molecule has 0 saturated carbocycles. The number of rotatable bonds is 5. The van der Waals surface area contributed by atoms with Crippen molar-refractivity contribution in [1.29, 1.82) is 0 Å². The highest BCUT2D eigenvalue weighted by Gasteiger charge is 2.21. The van der Waals surface area contributed by atoms with Crippen LogP contribution in [-0.4, -0.2) is 23.9 Å². The van der Waals surface area contributed by atoms with Gasteiger partial charge in [-0.05, 0) is 33.8 Å². The van der Waals surface area contributed by atoms with Crippen molar-refractivity contribution in [2.75, 3.05) is 13.1 Å². The summed E-state index contributed by atoms with van der Waals surface area (Å²) in [4.78, 5) is 14.2. The zero-order chi connectivity index (χ0) is 13.0. The fourth-order valence-corrected chi connectivity index (χ4v) is 2.15. The minimum absolute atomic E-state index is 0.0352. The first kappa shape index (κ1) is 14.3. The summed E-state index contributed by atoms with van der Waals surface area (Å²) in [6, 6.07) is 1.71. The second kappa shape index (κ2) is 6.24. The molecule has 0 atom stereocenters. The summed E-state index contributed by atoms with van der Waals surface area (Å²) >= 11 is 3.25. The molecule has 0 aliphatic carbocycles. The molecule has 0 aliphatic heterocycles. The Bertz CT molecular complexity index is 361. The zero-order valence-corrected chi connectivity index (χ0v) is 12.5. The first-order chi connectivity index (χ1) is 7.91. The van der Waals surface area contributed by atoms with Crippen LogP contribution in [0, 0.1) is 11.8 Å². The molecule has 0 spiro atoms. The van der Waals surface area contributed by atoms with Crippen molar-refractivity contribution in [2.45, 2.75) is 27.7 Å². The maximum atomic E-state index is 12.3. The maximum absolute atomic E-state index is 12.3. The van der Waals surface area contributed by atoms with Gasteiger partial charge >= 0.3 is 0 Å². The van der Waals surface area contributed by atoms with Crippen molar-refractivity contribution < 1.29 is 9.21 Å².